The predicted octanol–water partition coefficient (Wildman–Crippen LogP) is 0.545. The fourth-order valence-corrected chi connectivity index (χ4v) is 0.745. The van der Waals surface area contributed by atoms with Crippen LogP contribution >= 0.6 is 0 Å². The molecular weight excluding hydrogens is 144 g/mol. The third kappa shape index (κ3) is 6.28. The van der Waals surface area contributed by atoms with Crippen LogP contribution in [0.25, 0.3) is 0 Å². The third-order valence-electron chi connectivity index (χ3n) is 1.45. The van der Waals surface area contributed by atoms with Crippen LogP contribution in [0.4, 0.5) is 0 Å². The summed E-state index contributed by atoms with van der Waals surface area (Å²) in [5.41, 5.74) is 0. The monoisotopic (exact) mass is 162 g/mol. The van der Waals surface area contributed by atoms with Gasteiger partial charge in [-0.25, -0.2) is 0 Å². The Morgan fingerprint density at radius 3 is 2.55 bits per heavy atom. The van der Waals surface area contributed by atoms with Crippen molar-refractivity contribution in [1.82, 2.24) is 0 Å². The lowest BCUT2D eigenvalue weighted by Gasteiger charge is -2.13. The summed E-state index contributed by atoms with van der Waals surface area (Å²) in [5.74, 6) is 0. The average Bonchev–Trinajstić information content (AvgIpc) is 2.01. The van der Waals surface area contributed by atoms with Crippen LogP contribution < -0.4 is 0 Å². The zero-order valence-electron chi connectivity index (χ0n) is 7.29. The van der Waals surface area contributed by atoms with E-state index >= 15 is 0 Å². The van der Waals surface area contributed by atoms with Crippen molar-refractivity contribution in [1.29, 1.82) is 0 Å². The van der Waals surface area contributed by atoms with Crippen molar-refractivity contribution >= 4 is 0 Å². The molecule has 0 heterocycles. The molecule has 0 aromatic heterocycles. The van der Waals surface area contributed by atoms with Crippen LogP contribution in [0, 0.1) is 0 Å². The van der Waals surface area contributed by atoms with Crippen molar-refractivity contribution in [2.45, 2.75) is 38.9 Å². The summed E-state index contributed by atoms with van der Waals surface area (Å²) in [6.45, 7) is 4.13. The Hall–Kier alpha value is -0.120. The lowest BCUT2D eigenvalue weighted by atomic mass is 10.2. The summed E-state index contributed by atoms with van der Waals surface area (Å²) in [4.78, 5) is 0. The second-order valence-electron chi connectivity index (χ2n) is 2.77. The van der Waals surface area contributed by atoms with Gasteiger partial charge in [-0.05, 0) is 13.3 Å². The molecule has 11 heavy (non-hydrogen) atoms. The normalized spacial score (nSPS) is 16.4. The van der Waals surface area contributed by atoms with E-state index in [1.807, 2.05) is 6.92 Å². The first kappa shape index (κ1) is 10.9. The molecule has 0 spiro atoms. The van der Waals surface area contributed by atoms with E-state index in [0.717, 1.165) is 12.8 Å². The smallest absolute Gasteiger partial charge is 0.0779 e. The zero-order valence-corrected chi connectivity index (χ0v) is 7.29. The van der Waals surface area contributed by atoms with E-state index in [9.17, 15) is 5.11 Å². The van der Waals surface area contributed by atoms with Crippen molar-refractivity contribution in [3.05, 3.63) is 0 Å². The molecule has 0 saturated carbocycles. The standard InChI is InChI=1S/C8H18O3/c1-3-4-8(10)6-11-7(2)5-9/h7-10H,3-6H2,1-2H3. The van der Waals surface area contributed by atoms with Crippen molar-refractivity contribution in [3.8, 4) is 0 Å². The first-order valence-electron chi connectivity index (χ1n) is 4.11. The predicted molar refractivity (Wildman–Crippen MR) is 43.4 cm³/mol. The van der Waals surface area contributed by atoms with Crippen molar-refractivity contribution in [3.63, 3.8) is 0 Å². The molecular formula is C8H18O3. The number of aliphatic hydroxyl groups excluding tert-OH is 2. The van der Waals surface area contributed by atoms with E-state index in [-0.39, 0.29) is 18.8 Å². The van der Waals surface area contributed by atoms with Crippen LogP contribution in [0.15, 0.2) is 0 Å². The number of rotatable bonds is 6. The molecule has 0 fully saturated rings. The van der Waals surface area contributed by atoms with E-state index in [1.54, 1.807) is 6.92 Å². The SMILES string of the molecule is CCCC(O)COC(C)CO. The van der Waals surface area contributed by atoms with Crippen LogP contribution in [0.3, 0.4) is 0 Å². The molecule has 0 radical (unpaired) electrons. The fraction of sp³-hybridized carbons (Fsp3) is 1.00. The van der Waals surface area contributed by atoms with Crippen LogP contribution in [0.1, 0.15) is 26.7 Å². The Morgan fingerprint density at radius 2 is 2.09 bits per heavy atom. The van der Waals surface area contributed by atoms with E-state index < -0.39 is 0 Å². The molecule has 2 unspecified atom stereocenters. The van der Waals surface area contributed by atoms with E-state index in [4.69, 9.17) is 9.84 Å². The highest BCUT2D eigenvalue weighted by atomic mass is 16.5. The van der Waals surface area contributed by atoms with Crippen molar-refractivity contribution < 1.29 is 14.9 Å². The first-order chi connectivity index (χ1) is 5.20. The summed E-state index contributed by atoms with van der Waals surface area (Å²) in [6, 6.07) is 0. The van der Waals surface area contributed by atoms with Gasteiger partial charge in [0.25, 0.3) is 0 Å². The minimum atomic E-state index is -0.381. The number of aliphatic hydroxyl groups is 2. The topological polar surface area (TPSA) is 49.7 Å². The van der Waals surface area contributed by atoms with Gasteiger partial charge in [0.05, 0.1) is 25.4 Å². The molecule has 0 saturated heterocycles. The molecule has 3 heteroatoms. The van der Waals surface area contributed by atoms with Gasteiger partial charge in [0.2, 0.25) is 0 Å². The Balaban J connectivity index is 3.22. The highest BCUT2D eigenvalue weighted by Crippen LogP contribution is 1.98. The molecule has 0 rings (SSSR count). The lowest BCUT2D eigenvalue weighted by molar-refractivity contribution is -0.0254. The summed E-state index contributed by atoms with van der Waals surface area (Å²) >= 11 is 0. The van der Waals surface area contributed by atoms with Gasteiger partial charge in [-0.3, -0.25) is 0 Å². The highest BCUT2D eigenvalue weighted by Gasteiger charge is 2.05. The fourth-order valence-electron chi connectivity index (χ4n) is 0.745. The van der Waals surface area contributed by atoms with Gasteiger partial charge in [-0.2, -0.15) is 0 Å². The quantitative estimate of drug-likeness (QED) is 0.599. The molecule has 0 aliphatic heterocycles. The first-order valence-corrected chi connectivity index (χ1v) is 4.11. The number of ether oxygens (including phenoxy) is 1. The summed E-state index contributed by atoms with van der Waals surface area (Å²) in [7, 11) is 0. The summed E-state index contributed by atoms with van der Waals surface area (Å²) in [5, 5.41) is 17.8. The van der Waals surface area contributed by atoms with Crippen molar-refractivity contribution in [2.75, 3.05) is 13.2 Å². The molecule has 68 valence electrons. The molecule has 0 aliphatic carbocycles. The van der Waals surface area contributed by atoms with Crippen LogP contribution in [0.2, 0.25) is 0 Å². The minimum absolute atomic E-state index is 0.0127. The number of hydrogen-bond donors (Lipinski definition) is 2. The Bertz CT molecular complexity index is 85.4. The lowest BCUT2D eigenvalue weighted by Crippen LogP contribution is -2.21. The van der Waals surface area contributed by atoms with Gasteiger partial charge in [-0.1, -0.05) is 13.3 Å². The van der Waals surface area contributed by atoms with Crippen molar-refractivity contribution in [2.24, 2.45) is 0 Å². The van der Waals surface area contributed by atoms with E-state index in [0.29, 0.717) is 6.61 Å². The molecule has 2 atom stereocenters. The zero-order chi connectivity index (χ0) is 8.69. The van der Waals surface area contributed by atoms with Gasteiger partial charge >= 0.3 is 0 Å². The minimum Gasteiger partial charge on any atom is -0.394 e. The maximum atomic E-state index is 9.19. The average molecular weight is 162 g/mol. The molecule has 0 amide bonds. The Morgan fingerprint density at radius 1 is 1.45 bits per heavy atom. The highest BCUT2D eigenvalue weighted by molar-refractivity contribution is 4.54. The van der Waals surface area contributed by atoms with Crippen LogP contribution in [-0.2, 0) is 4.74 Å². The van der Waals surface area contributed by atoms with E-state index in [1.165, 1.54) is 0 Å². The second kappa shape index (κ2) is 6.58. The molecule has 0 bridgehead atoms. The van der Waals surface area contributed by atoms with Gasteiger partial charge in [0.1, 0.15) is 0 Å². The maximum Gasteiger partial charge on any atom is 0.0779 e. The maximum absolute atomic E-state index is 9.19. The largest absolute Gasteiger partial charge is 0.394 e. The Labute approximate surface area is 68.0 Å². The third-order valence-corrected chi connectivity index (χ3v) is 1.45. The van der Waals surface area contributed by atoms with Gasteiger partial charge in [-0.15, -0.1) is 0 Å². The molecule has 2 N–H and O–H groups in total. The second-order valence-corrected chi connectivity index (χ2v) is 2.77. The molecule has 0 aromatic rings. The number of hydrogen-bond acceptors (Lipinski definition) is 3. The Kier molecular flexibility index (Phi) is 6.51. The van der Waals surface area contributed by atoms with Crippen LogP contribution in [-0.4, -0.2) is 35.6 Å². The molecule has 3 nitrogen and oxygen atoms in total. The van der Waals surface area contributed by atoms with Gasteiger partial charge in [0, 0.05) is 0 Å². The van der Waals surface area contributed by atoms with Gasteiger partial charge in [0.15, 0.2) is 0 Å². The molecule has 0 aliphatic rings. The summed E-state index contributed by atoms with van der Waals surface area (Å²) in [6.07, 6.45) is 1.17. The van der Waals surface area contributed by atoms with E-state index in [2.05, 4.69) is 0 Å². The summed E-state index contributed by atoms with van der Waals surface area (Å²) < 4.78 is 5.11. The molecule has 0 aromatic carbocycles. The van der Waals surface area contributed by atoms with Crippen LogP contribution in [0.5, 0.6) is 0 Å². The van der Waals surface area contributed by atoms with Gasteiger partial charge < -0.3 is 14.9 Å².